The average Bonchev–Trinajstić information content (AvgIpc) is 3.59. The highest BCUT2D eigenvalue weighted by Gasteiger charge is 2.42. The number of carbonyl (C=O) groups excluding carboxylic acids is 2. The van der Waals surface area contributed by atoms with Gasteiger partial charge in [0.2, 0.25) is 5.91 Å². The van der Waals surface area contributed by atoms with Crippen molar-refractivity contribution in [3.8, 4) is 0 Å². The van der Waals surface area contributed by atoms with Crippen LogP contribution in [-0.4, -0.2) is 24.3 Å². The van der Waals surface area contributed by atoms with Crippen molar-refractivity contribution in [2.45, 2.75) is 57.8 Å². The number of nitrogens with zero attached hydrogens (tertiary/aromatic N) is 1. The Morgan fingerprint density at radius 1 is 1.09 bits per heavy atom. The molecule has 0 spiro atoms. The number of amides is 1. The van der Waals surface area contributed by atoms with Crippen LogP contribution in [0.4, 0.5) is 24.5 Å². The van der Waals surface area contributed by atoms with Crippen LogP contribution in [0.25, 0.3) is 0 Å². The smallest absolute Gasteiger partial charge is 0.357 e. The first-order valence-electron chi connectivity index (χ1n) is 11.9. The fourth-order valence-electron chi connectivity index (χ4n) is 5.08. The van der Waals surface area contributed by atoms with Crippen LogP contribution >= 0.6 is 0 Å². The van der Waals surface area contributed by atoms with Crippen LogP contribution in [0.2, 0.25) is 0 Å². The number of hydrogen-bond donors (Lipinski definition) is 2. The Bertz CT molecular complexity index is 1200. The molecule has 0 bridgehead atoms. The molecule has 184 valence electrons. The van der Waals surface area contributed by atoms with Crippen molar-refractivity contribution in [2.75, 3.05) is 16.8 Å². The number of ketones is 1. The van der Waals surface area contributed by atoms with Crippen molar-refractivity contribution < 1.29 is 22.8 Å². The molecule has 1 aliphatic heterocycles. The van der Waals surface area contributed by atoms with Gasteiger partial charge in [-0.05, 0) is 54.5 Å². The maximum Gasteiger partial charge on any atom is 0.416 e. The minimum Gasteiger partial charge on any atom is -0.357 e. The van der Waals surface area contributed by atoms with E-state index in [4.69, 9.17) is 0 Å². The maximum absolute atomic E-state index is 13.6. The first-order chi connectivity index (χ1) is 16.5. The van der Waals surface area contributed by atoms with Crippen molar-refractivity contribution >= 4 is 23.1 Å². The van der Waals surface area contributed by atoms with Crippen LogP contribution in [0.15, 0.2) is 59.8 Å². The topological polar surface area (TPSA) is 61.4 Å². The van der Waals surface area contributed by atoms with Gasteiger partial charge in [0.15, 0.2) is 5.78 Å². The molecule has 2 aromatic carbocycles. The number of nitrogens with one attached hydrogen (secondary N) is 2. The van der Waals surface area contributed by atoms with Gasteiger partial charge >= 0.3 is 6.18 Å². The minimum atomic E-state index is -4.46. The summed E-state index contributed by atoms with van der Waals surface area (Å²) in [6, 6.07) is 11.9. The summed E-state index contributed by atoms with van der Waals surface area (Å²) in [5.41, 5.74) is 2.28. The lowest BCUT2D eigenvalue weighted by atomic mass is 9.73. The third-order valence-corrected chi connectivity index (χ3v) is 6.81. The molecular weight excluding hydrogens is 455 g/mol. The Balaban J connectivity index is 1.66. The van der Waals surface area contributed by atoms with E-state index in [1.54, 1.807) is 0 Å². The van der Waals surface area contributed by atoms with E-state index in [1.807, 2.05) is 43.0 Å². The molecule has 1 saturated carbocycles. The molecule has 2 aromatic rings. The Labute approximate surface area is 202 Å². The third kappa shape index (κ3) is 4.79. The van der Waals surface area contributed by atoms with Gasteiger partial charge in [-0.25, -0.2) is 0 Å². The van der Waals surface area contributed by atoms with Gasteiger partial charge < -0.3 is 15.5 Å². The number of para-hydroxylation sites is 2. The van der Waals surface area contributed by atoms with Crippen molar-refractivity contribution in [3.05, 3.63) is 70.9 Å². The first kappa shape index (κ1) is 23.5. The van der Waals surface area contributed by atoms with Crippen LogP contribution in [0.1, 0.15) is 56.7 Å². The lowest BCUT2D eigenvalue weighted by Crippen LogP contribution is -2.42. The number of benzene rings is 2. The van der Waals surface area contributed by atoms with Gasteiger partial charge in [-0.2, -0.15) is 13.2 Å². The minimum absolute atomic E-state index is 0.0195. The molecule has 0 aromatic heterocycles. The lowest BCUT2D eigenvalue weighted by Gasteiger charge is -2.38. The molecule has 1 unspecified atom stereocenters. The van der Waals surface area contributed by atoms with Gasteiger partial charge in [0, 0.05) is 23.7 Å². The van der Waals surface area contributed by atoms with Gasteiger partial charge in [0.25, 0.3) is 0 Å². The van der Waals surface area contributed by atoms with Crippen LogP contribution in [0.3, 0.4) is 0 Å². The van der Waals surface area contributed by atoms with Crippen LogP contribution < -0.4 is 15.5 Å². The monoisotopic (exact) mass is 483 g/mol. The van der Waals surface area contributed by atoms with Crippen molar-refractivity contribution in [2.24, 2.45) is 5.41 Å². The van der Waals surface area contributed by atoms with E-state index in [0.29, 0.717) is 24.0 Å². The van der Waals surface area contributed by atoms with Crippen LogP contribution in [0.5, 0.6) is 0 Å². The molecule has 8 heteroatoms. The molecule has 1 heterocycles. The zero-order valence-corrected chi connectivity index (χ0v) is 19.7. The molecule has 35 heavy (non-hydrogen) atoms. The number of allylic oxidation sites excluding steroid dienone is 1. The summed E-state index contributed by atoms with van der Waals surface area (Å²) in [6.45, 7) is 4.04. The largest absolute Gasteiger partial charge is 0.416 e. The molecule has 5 nitrogen and oxygen atoms in total. The fraction of sp³-hybridized carbons (Fsp3) is 0.407. The highest BCUT2D eigenvalue weighted by molar-refractivity contribution is 6.01. The van der Waals surface area contributed by atoms with E-state index in [-0.39, 0.29) is 29.7 Å². The van der Waals surface area contributed by atoms with Gasteiger partial charge in [0.05, 0.1) is 29.5 Å². The fourth-order valence-corrected chi connectivity index (χ4v) is 5.08. The van der Waals surface area contributed by atoms with E-state index >= 15 is 0 Å². The van der Waals surface area contributed by atoms with Gasteiger partial charge in [-0.1, -0.05) is 38.1 Å². The quantitative estimate of drug-likeness (QED) is 0.594. The second kappa shape index (κ2) is 8.43. The van der Waals surface area contributed by atoms with Gasteiger partial charge in [-0.3, -0.25) is 9.59 Å². The highest BCUT2D eigenvalue weighted by atomic mass is 19.4. The lowest BCUT2D eigenvalue weighted by molar-refractivity contribution is -0.137. The SMILES string of the molecule is CC1(C)CC(=O)C2=C(C1)Nc1ccccc1N(CC(=O)NC1CC1)C2c1ccc(C(F)(F)F)cc1. The summed E-state index contributed by atoms with van der Waals surface area (Å²) in [4.78, 5) is 28.4. The number of rotatable bonds is 4. The summed E-state index contributed by atoms with van der Waals surface area (Å²) in [5.74, 6) is -0.235. The first-order valence-corrected chi connectivity index (χ1v) is 11.9. The van der Waals surface area contributed by atoms with Gasteiger partial charge in [0.1, 0.15) is 0 Å². The second-order valence-electron chi connectivity index (χ2n) is 10.5. The Kier molecular flexibility index (Phi) is 5.65. The highest BCUT2D eigenvalue weighted by Crippen LogP contribution is 2.48. The molecule has 1 atom stereocenters. The second-order valence-corrected chi connectivity index (χ2v) is 10.5. The summed E-state index contributed by atoms with van der Waals surface area (Å²) in [5, 5.41) is 6.44. The molecule has 1 amide bonds. The average molecular weight is 484 g/mol. The molecular formula is C27H28F3N3O2. The number of anilines is 2. The van der Waals surface area contributed by atoms with E-state index in [1.165, 1.54) is 12.1 Å². The number of alkyl halides is 3. The van der Waals surface area contributed by atoms with E-state index < -0.39 is 17.8 Å². The summed E-state index contributed by atoms with van der Waals surface area (Å²) >= 11 is 0. The van der Waals surface area contributed by atoms with E-state index in [2.05, 4.69) is 10.6 Å². The molecule has 2 aliphatic carbocycles. The molecule has 0 radical (unpaired) electrons. The number of carbonyl (C=O) groups is 2. The predicted octanol–water partition coefficient (Wildman–Crippen LogP) is 5.60. The number of hydrogen-bond acceptors (Lipinski definition) is 4. The Morgan fingerprint density at radius 3 is 2.43 bits per heavy atom. The number of halogens is 3. The summed E-state index contributed by atoms with van der Waals surface area (Å²) < 4.78 is 39.8. The molecule has 2 N–H and O–H groups in total. The van der Waals surface area contributed by atoms with Crippen LogP contribution in [0, 0.1) is 5.41 Å². The number of Topliss-reactive ketones (excluding diaryl/α,β-unsaturated/α-hetero) is 1. The zero-order valence-electron chi connectivity index (χ0n) is 19.7. The van der Waals surface area contributed by atoms with Gasteiger partial charge in [-0.15, -0.1) is 0 Å². The van der Waals surface area contributed by atoms with Crippen LogP contribution in [-0.2, 0) is 15.8 Å². The Hall–Kier alpha value is -3.29. The van der Waals surface area contributed by atoms with Crippen molar-refractivity contribution in [3.63, 3.8) is 0 Å². The predicted molar refractivity (Wildman–Crippen MR) is 128 cm³/mol. The third-order valence-electron chi connectivity index (χ3n) is 6.81. The van der Waals surface area contributed by atoms with E-state index in [9.17, 15) is 22.8 Å². The van der Waals surface area contributed by atoms with E-state index in [0.717, 1.165) is 42.0 Å². The molecule has 1 fully saturated rings. The summed E-state index contributed by atoms with van der Waals surface area (Å²) in [7, 11) is 0. The summed E-state index contributed by atoms with van der Waals surface area (Å²) in [6.07, 6.45) is -1.65. The maximum atomic E-state index is 13.6. The molecule has 3 aliphatic rings. The molecule has 5 rings (SSSR count). The molecule has 0 saturated heterocycles. The number of fused-ring (bicyclic) bond motifs is 1. The zero-order chi connectivity index (χ0) is 25.0. The van der Waals surface area contributed by atoms with Crippen molar-refractivity contribution in [1.29, 1.82) is 0 Å². The van der Waals surface area contributed by atoms with Crippen molar-refractivity contribution in [1.82, 2.24) is 5.32 Å². The standard InChI is InChI=1S/C27H28F3N3O2/c1-26(2)13-20-24(22(34)14-26)25(16-7-9-17(10-8-16)27(28,29)30)33(15-23(35)31-18-11-12-18)21-6-4-3-5-19(21)32-20/h3-10,18,25,32H,11-15H2,1-2H3,(H,31,35). The normalized spacial score (nSPS) is 21.6. The Morgan fingerprint density at radius 2 is 1.77 bits per heavy atom.